The molecule has 0 bridgehead atoms. The molecule has 0 aromatic heterocycles. The molecular weight excluding hydrogens is 680 g/mol. The van der Waals surface area contributed by atoms with Gasteiger partial charge < -0.3 is 28.4 Å². The molecule has 1 aliphatic heterocycles. The number of aryl methyl sites for hydroxylation is 1. The van der Waals surface area contributed by atoms with Crippen molar-refractivity contribution < 1.29 is 52.6 Å². The molecule has 0 saturated carbocycles. The lowest BCUT2D eigenvalue weighted by atomic mass is 9.96. The first-order valence-electron chi connectivity index (χ1n) is 18.7. The Morgan fingerprint density at radius 1 is 0.698 bits per heavy atom. The van der Waals surface area contributed by atoms with Gasteiger partial charge in [0.25, 0.3) is 0 Å². The summed E-state index contributed by atoms with van der Waals surface area (Å²) in [6.45, 7) is 11.5. The molecule has 0 unspecified atom stereocenters. The number of unbranched alkanes of at least 4 members (excludes halogenated alkanes) is 3. The van der Waals surface area contributed by atoms with E-state index < -0.39 is 11.6 Å². The molecule has 3 aromatic rings. The Morgan fingerprint density at radius 3 is 2.17 bits per heavy atom. The van der Waals surface area contributed by atoms with Gasteiger partial charge in [0.2, 0.25) is 0 Å². The largest absolute Gasteiger partial charge is 0.494 e. The van der Waals surface area contributed by atoms with E-state index in [-0.39, 0.29) is 18.4 Å². The molecule has 1 aliphatic rings. The fourth-order valence-electron chi connectivity index (χ4n) is 5.72. The summed E-state index contributed by atoms with van der Waals surface area (Å²) in [7, 11) is 0. The second-order valence-corrected chi connectivity index (χ2v) is 13.6. The molecule has 0 aliphatic carbocycles. The zero-order valence-electron chi connectivity index (χ0n) is 31.8. The van der Waals surface area contributed by atoms with E-state index in [9.17, 15) is 14.4 Å². The Bertz CT molecular complexity index is 1640. The van der Waals surface area contributed by atoms with Crippen molar-refractivity contribution in [2.45, 2.75) is 98.0 Å². The highest BCUT2D eigenvalue weighted by molar-refractivity contribution is 5.91. The molecule has 0 fully saturated rings. The molecule has 3 aromatic carbocycles. The van der Waals surface area contributed by atoms with Gasteiger partial charge in [-0.25, -0.2) is 4.79 Å². The number of carbonyl (C=O) groups excluding carboxylic acids is 3. The van der Waals surface area contributed by atoms with E-state index >= 15 is 0 Å². The van der Waals surface area contributed by atoms with Crippen molar-refractivity contribution in [1.29, 1.82) is 0 Å². The Kier molecular flexibility index (Phi) is 16.3. The molecule has 288 valence electrons. The van der Waals surface area contributed by atoms with Crippen LogP contribution in [0.1, 0.15) is 101 Å². The standard InChI is InChI=1S/C42H54O11/c1-6-46-39(43)17-13-23-49-36-16-12-15-30(35(36)19-21-40(44)47-7-2)14-10-8-9-11-22-48-34-27-32(26-33(28-34)41(45)52-53-42(3,4)5)31-18-20-37-38(29-31)51-25-24-50-37/h12,15-16,18,20,26-29H,6-11,13-14,17,19,21-25H2,1-5H3. The molecule has 11 heteroatoms. The minimum absolute atomic E-state index is 0.237. The molecule has 0 N–H and O–H groups in total. The van der Waals surface area contributed by atoms with Crippen LogP contribution in [0.4, 0.5) is 0 Å². The number of hydrogen-bond acceptors (Lipinski definition) is 11. The predicted molar refractivity (Wildman–Crippen MR) is 200 cm³/mol. The maximum absolute atomic E-state index is 13.0. The molecule has 0 spiro atoms. The Balaban J connectivity index is 1.33. The van der Waals surface area contributed by atoms with Crippen LogP contribution in [-0.2, 0) is 41.7 Å². The van der Waals surface area contributed by atoms with Crippen LogP contribution in [0.2, 0.25) is 0 Å². The van der Waals surface area contributed by atoms with Crippen LogP contribution in [0.3, 0.4) is 0 Å². The Morgan fingerprint density at radius 2 is 1.42 bits per heavy atom. The first kappa shape index (κ1) is 41.0. The van der Waals surface area contributed by atoms with Gasteiger partial charge in [0, 0.05) is 12.8 Å². The summed E-state index contributed by atoms with van der Waals surface area (Å²) in [4.78, 5) is 47.3. The van der Waals surface area contributed by atoms with Crippen molar-refractivity contribution in [3.8, 4) is 34.1 Å². The fraction of sp³-hybridized carbons (Fsp3) is 0.500. The molecule has 0 atom stereocenters. The molecule has 0 amide bonds. The quantitative estimate of drug-likeness (QED) is 0.0453. The number of benzene rings is 3. The number of ether oxygens (including phenoxy) is 6. The summed E-state index contributed by atoms with van der Waals surface area (Å²) < 4.78 is 33.9. The molecule has 4 rings (SSSR count). The van der Waals surface area contributed by atoms with Crippen LogP contribution in [0.15, 0.2) is 54.6 Å². The van der Waals surface area contributed by atoms with Gasteiger partial charge >= 0.3 is 17.9 Å². The second-order valence-electron chi connectivity index (χ2n) is 13.6. The van der Waals surface area contributed by atoms with E-state index in [1.165, 1.54) is 0 Å². The third-order valence-electron chi connectivity index (χ3n) is 8.20. The third kappa shape index (κ3) is 13.9. The van der Waals surface area contributed by atoms with E-state index in [0.717, 1.165) is 60.1 Å². The summed E-state index contributed by atoms with van der Waals surface area (Å²) in [5, 5.41) is 0. The highest BCUT2D eigenvalue weighted by Crippen LogP contribution is 2.36. The van der Waals surface area contributed by atoms with Gasteiger partial charge in [-0.3, -0.25) is 14.5 Å². The first-order valence-corrected chi connectivity index (χ1v) is 18.7. The minimum Gasteiger partial charge on any atom is -0.494 e. The molecule has 0 saturated heterocycles. The molecule has 53 heavy (non-hydrogen) atoms. The van der Waals surface area contributed by atoms with Gasteiger partial charge in [-0.2, -0.15) is 4.89 Å². The van der Waals surface area contributed by atoms with Crippen molar-refractivity contribution in [1.82, 2.24) is 0 Å². The maximum Gasteiger partial charge on any atom is 0.373 e. The number of fused-ring (bicyclic) bond motifs is 1. The van der Waals surface area contributed by atoms with Gasteiger partial charge in [-0.1, -0.05) is 31.0 Å². The topological polar surface area (TPSA) is 125 Å². The SMILES string of the molecule is CCOC(=O)CCCOc1cccc(CCCCCCOc2cc(C(=O)OOC(C)(C)C)cc(-c3ccc4c(c3)OCCO4)c2)c1CCC(=O)OCC. The smallest absolute Gasteiger partial charge is 0.373 e. The predicted octanol–water partition coefficient (Wildman–Crippen LogP) is 8.41. The minimum atomic E-state index is -0.657. The lowest BCUT2D eigenvalue weighted by Crippen LogP contribution is -2.22. The average Bonchev–Trinajstić information content (AvgIpc) is 3.14. The number of hydrogen-bond donors (Lipinski definition) is 0. The zero-order chi connectivity index (χ0) is 38.1. The van der Waals surface area contributed by atoms with Gasteiger partial charge in [-0.15, -0.1) is 0 Å². The van der Waals surface area contributed by atoms with Crippen LogP contribution in [0.5, 0.6) is 23.0 Å². The van der Waals surface area contributed by atoms with Crippen LogP contribution < -0.4 is 18.9 Å². The summed E-state index contributed by atoms with van der Waals surface area (Å²) >= 11 is 0. The van der Waals surface area contributed by atoms with Crippen molar-refractivity contribution in [2.75, 3.05) is 39.6 Å². The van der Waals surface area contributed by atoms with E-state index in [4.69, 9.17) is 38.2 Å². The summed E-state index contributed by atoms with van der Waals surface area (Å²) in [6.07, 6.45) is 6.13. The summed E-state index contributed by atoms with van der Waals surface area (Å²) in [5.74, 6) is 1.52. The second kappa shape index (κ2) is 21.1. The van der Waals surface area contributed by atoms with Crippen molar-refractivity contribution in [3.63, 3.8) is 0 Å². The molecule has 0 radical (unpaired) electrons. The number of carbonyl (C=O) groups is 3. The number of rotatable bonds is 21. The third-order valence-corrected chi connectivity index (χ3v) is 8.20. The van der Waals surface area contributed by atoms with Gasteiger partial charge in [-0.05, 0) is 125 Å². The fourth-order valence-corrected chi connectivity index (χ4v) is 5.72. The first-order chi connectivity index (χ1) is 25.6. The normalized spacial score (nSPS) is 12.2. The lowest BCUT2D eigenvalue weighted by molar-refractivity contribution is -0.301. The van der Waals surface area contributed by atoms with Crippen molar-refractivity contribution in [2.24, 2.45) is 0 Å². The molecular formula is C42H54O11. The van der Waals surface area contributed by atoms with Crippen LogP contribution in [0.25, 0.3) is 11.1 Å². The van der Waals surface area contributed by atoms with E-state index in [1.54, 1.807) is 46.8 Å². The van der Waals surface area contributed by atoms with Gasteiger partial charge in [0.1, 0.15) is 30.3 Å². The molecule has 1 heterocycles. The highest BCUT2D eigenvalue weighted by atomic mass is 17.2. The maximum atomic E-state index is 13.0. The van der Waals surface area contributed by atoms with Crippen LogP contribution >= 0.6 is 0 Å². The van der Waals surface area contributed by atoms with Crippen LogP contribution in [-0.4, -0.2) is 63.2 Å². The van der Waals surface area contributed by atoms with E-state index in [1.807, 2.05) is 36.4 Å². The highest BCUT2D eigenvalue weighted by Gasteiger charge is 2.20. The van der Waals surface area contributed by atoms with Gasteiger partial charge in [0.05, 0.1) is 32.0 Å². The molecule has 11 nitrogen and oxygen atoms in total. The Hall–Kier alpha value is -4.77. The Labute approximate surface area is 313 Å². The monoisotopic (exact) mass is 734 g/mol. The van der Waals surface area contributed by atoms with E-state index in [2.05, 4.69) is 6.07 Å². The summed E-state index contributed by atoms with van der Waals surface area (Å²) in [6, 6.07) is 17.0. The van der Waals surface area contributed by atoms with Crippen molar-refractivity contribution in [3.05, 3.63) is 71.3 Å². The zero-order valence-corrected chi connectivity index (χ0v) is 31.8. The van der Waals surface area contributed by atoms with E-state index in [0.29, 0.717) is 81.7 Å². The summed E-state index contributed by atoms with van der Waals surface area (Å²) in [5.41, 5.74) is 3.40. The van der Waals surface area contributed by atoms with Crippen LogP contribution in [0, 0.1) is 0 Å². The van der Waals surface area contributed by atoms with Crippen molar-refractivity contribution >= 4 is 17.9 Å². The lowest BCUT2D eigenvalue weighted by Gasteiger charge is -2.19. The average molecular weight is 735 g/mol. The van der Waals surface area contributed by atoms with Gasteiger partial charge in [0.15, 0.2) is 11.5 Å². The number of esters is 2.